The molecule has 0 amide bonds. The van der Waals surface area contributed by atoms with Gasteiger partial charge in [-0.2, -0.15) is 0 Å². The number of aromatic nitrogens is 1. The summed E-state index contributed by atoms with van der Waals surface area (Å²) in [4.78, 5) is 6.52. The van der Waals surface area contributed by atoms with E-state index in [1.165, 1.54) is 43.1 Å². The van der Waals surface area contributed by atoms with Crippen molar-refractivity contribution in [3.8, 4) is 11.3 Å². The van der Waals surface area contributed by atoms with Crippen molar-refractivity contribution < 1.29 is 0 Å². The van der Waals surface area contributed by atoms with Crippen molar-refractivity contribution in [1.29, 1.82) is 0 Å². The lowest BCUT2D eigenvalue weighted by Crippen LogP contribution is -1.90. The Hall–Kier alpha value is -2.19. The smallest absolute Gasteiger partial charge is 0.0556 e. The molecule has 1 N–H and O–H groups in total. The van der Waals surface area contributed by atoms with E-state index in [-0.39, 0.29) is 0 Å². The Morgan fingerprint density at radius 3 is 2.82 bits per heavy atom. The van der Waals surface area contributed by atoms with E-state index in [2.05, 4.69) is 65.7 Å². The lowest BCUT2D eigenvalue weighted by molar-refractivity contribution is 1.03. The molecule has 1 aliphatic carbocycles. The highest BCUT2D eigenvalue weighted by atomic mass is 32.2. The first kappa shape index (κ1) is 12.4. The van der Waals surface area contributed by atoms with E-state index in [4.69, 9.17) is 0 Å². The highest BCUT2D eigenvalue weighted by Crippen LogP contribution is 2.50. The van der Waals surface area contributed by atoms with E-state index in [1.54, 1.807) is 0 Å². The third-order valence-corrected chi connectivity index (χ3v) is 5.73. The van der Waals surface area contributed by atoms with Crippen LogP contribution in [0.5, 0.6) is 0 Å². The number of fused-ring (bicyclic) bond motifs is 6. The van der Waals surface area contributed by atoms with E-state index in [1.807, 2.05) is 11.8 Å². The number of nitrogens with one attached hydrogen (secondary N) is 1. The SMILES string of the molecule is C1=CC2=C(CC1)Sc1ccccc1-c1[nH]c3ccccc3c12. The molecule has 22 heavy (non-hydrogen) atoms. The molecular formula is C20H15NS. The highest BCUT2D eigenvalue weighted by molar-refractivity contribution is 8.03. The summed E-state index contributed by atoms with van der Waals surface area (Å²) in [5.41, 5.74) is 6.58. The fraction of sp³-hybridized carbons (Fsp3) is 0.100. The van der Waals surface area contributed by atoms with Crippen LogP contribution in [-0.2, 0) is 0 Å². The number of H-pyrrole nitrogens is 1. The van der Waals surface area contributed by atoms with Crippen LogP contribution in [0.2, 0.25) is 0 Å². The van der Waals surface area contributed by atoms with Gasteiger partial charge in [-0.15, -0.1) is 0 Å². The summed E-state index contributed by atoms with van der Waals surface area (Å²) in [6, 6.07) is 17.4. The second-order valence-electron chi connectivity index (χ2n) is 5.80. The van der Waals surface area contributed by atoms with Crippen LogP contribution in [0.25, 0.3) is 27.7 Å². The lowest BCUT2D eigenvalue weighted by Gasteiger charge is -2.13. The van der Waals surface area contributed by atoms with Gasteiger partial charge in [0.05, 0.1) is 5.69 Å². The number of hydrogen-bond acceptors (Lipinski definition) is 1. The fourth-order valence-electron chi connectivity index (χ4n) is 3.49. The maximum absolute atomic E-state index is 3.66. The third-order valence-electron chi connectivity index (χ3n) is 4.49. The van der Waals surface area contributed by atoms with Crippen molar-refractivity contribution in [2.45, 2.75) is 17.7 Å². The zero-order valence-corrected chi connectivity index (χ0v) is 12.9. The van der Waals surface area contributed by atoms with Gasteiger partial charge in [0.25, 0.3) is 0 Å². The zero-order valence-electron chi connectivity index (χ0n) is 12.1. The molecule has 1 nitrogen and oxygen atoms in total. The van der Waals surface area contributed by atoms with Gasteiger partial charge in [-0.05, 0) is 35.5 Å². The largest absolute Gasteiger partial charge is 0.354 e. The predicted molar refractivity (Wildman–Crippen MR) is 94.9 cm³/mol. The Kier molecular flexibility index (Phi) is 2.61. The summed E-state index contributed by atoms with van der Waals surface area (Å²) in [6.45, 7) is 0. The quantitative estimate of drug-likeness (QED) is 0.538. The van der Waals surface area contributed by atoms with Crippen LogP contribution in [0, 0.1) is 0 Å². The second-order valence-corrected chi connectivity index (χ2v) is 6.93. The van der Waals surface area contributed by atoms with E-state index in [0.29, 0.717) is 0 Å². The monoisotopic (exact) mass is 301 g/mol. The number of hydrogen-bond donors (Lipinski definition) is 1. The van der Waals surface area contributed by atoms with Gasteiger partial charge < -0.3 is 4.98 Å². The fourth-order valence-corrected chi connectivity index (χ4v) is 4.68. The van der Waals surface area contributed by atoms with Crippen molar-refractivity contribution in [2.24, 2.45) is 0 Å². The van der Waals surface area contributed by atoms with Gasteiger partial charge in [-0.25, -0.2) is 0 Å². The molecule has 1 aromatic heterocycles. The average molecular weight is 301 g/mol. The van der Waals surface area contributed by atoms with Crippen molar-refractivity contribution in [1.82, 2.24) is 4.98 Å². The van der Waals surface area contributed by atoms with Crippen LogP contribution in [0.4, 0.5) is 0 Å². The minimum atomic E-state index is 1.14. The first-order chi connectivity index (χ1) is 10.9. The predicted octanol–water partition coefficient (Wildman–Crippen LogP) is 6.00. The molecule has 0 spiro atoms. The molecule has 3 aromatic rings. The van der Waals surface area contributed by atoms with Gasteiger partial charge >= 0.3 is 0 Å². The summed E-state index contributed by atoms with van der Waals surface area (Å²) in [5.74, 6) is 0. The highest BCUT2D eigenvalue weighted by Gasteiger charge is 2.25. The minimum absolute atomic E-state index is 1.14. The normalized spacial score (nSPS) is 16.2. The maximum atomic E-state index is 3.66. The average Bonchev–Trinajstić information content (AvgIpc) is 2.89. The summed E-state index contributed by atoms with van der Waals surface area (Å²) < 4.78 is 0. The zero-order chi connectivity index (χ0) is 14.5. The Bertz CT molecular complexity index is 959. The molecule has 2 aromatic carbocycles. The summed E-state index contributed by atoms with van der Waals surface area (Å²) in [6.07, 6.45) is 6.91. The first-order valence-corrected chi connectivity index (χ1v) is 8.51. The number of allylic oxidation sites excluding steroid dienone is 4. The molecular weight excluding hydrogens is 286 g/mol. The topological polar surface area (TPSA) is 15.8 Å². The maximum Gasteiger partial charge on any atom is 0.0556 e. The molecule has 2 aliphatic rings. The van der Waals surface area contributed by atoms with Gasteiger partial charge in [0.15, 0.2) is 0 Å². The minimum Gasteiger partial charge on any atom is -0.354 e. The van der Waals surface area contributed by atoms with Crippen LogP contribution < -0.4 is 0 Å². The molecule has 0 atom stereocenters. The van der Waals surface area contributed by atoms with Crippen molar-refractivity contribution >= 4 is 28.2 Å². The molecule has 0 bridgehead atoms. The number of benzene rings is 2. The Morgan fingerprint density at radius 2 is 1.82 bits per heavy atom. The van der Waals surface area contributed by atoms with Crippen LogP contribution in [-0.4, -0.2) is 4.98 Å². The van der Waals surface area contributed by atoms with Gasteiger partial charge in [0.2, 0.25) is 0 Å². The third kappa shape index (κ3) is 1.68. The standard InChI is InChI=1S/C20H15NS/c1-4-10-16-13(7-1)19-14-8-2-5-11-17(14)22-18-12-6-3-9-15(18)20(19)21-16/h1-4,6-10,12,21H,5,11H2. The lowest BCUT2D eigenvalue weighted by atomic mass is 9.94. The number of para-hydroxylation sites is 1. The Morgan fingerprint density at radius 1 is 0.955 bits per heavy atom. The van der Waals surface area contributed by atoms with Gasteiger partial charge in [-0.1, -0.05) is 60.3 Å². The molecule has 0 fully saturated rings. The van der Waals surface area contributed by atoms with Gasteiger partial charge in [-0.3, -0.25) is 0 Å². The summed E-state index contributed by atoms with van der Waals surface area (Å²) >= 11 is 1.94. The summed E-state index contributed by atoms with van der Waals surface area (Å²) in [7, 11) is 0. The number of rotatable bonds is 0. The van der Waals surface area contributed by atoms with Crippen LogP contribution in [0.15, 0.2) is 70.5 Å². The van der Waals surface area contributed by atoms with Crippen molar-refractivity contribution in [3.05, 3.63) is 71.2 Å². The van der Waals surface area contributed by atoms with E-state index >= 15 is 0 Å². The molecule has 106 valence electrons. The van der Waals surface area contributed by atoms with Crippen LogP contribution in [0.1, 0.15) is 18.4 Å². The molecule has 0 radical (unpaired) electrons. The molecule has 2 heteroatoms. The molecule has 5 rings (SSSR count). The molecule has 0 saturated heterocycles. The molecule has 2 heterocycles. The number of thioether (sulfide) groups is 1. The van der Waals surface area contributed by atoms with Crippen molar-refractivity contribution in [3.63, 3.8) is 0 Å². The second kappa shape index (κ2) is 4.65. The summed E-state index contributed by atoms with van der Waals surface area (Å²) in [5, 5.41) is 1.33. The van der Waals surface area contributed by atoms with Crippen LogP contribution >= 0.6 is 11.8 Å². The Labute approximate surface area is 133 Å². The van der Waals surface area contributed by atoms with Crippen molar-refractivity contribution in [2.75, 3.05) is 0 Å². The molecule has 0 saturated carbocycles. The van der Waals surface area contributed by atoms with Gasteiger partial charge in [0.1, 0.15) is 0 Å². The van der Waals surface area contributed by atoms with Gasteiger partial charge in [0, 0.05) is 26.9 Å². The first-order valence-electron chi connectivity index (χ1n) is 7.70. The van der Waals surface area contributed by atoms with E-state index in [9.17, 15) is 0 Å². The molecule has 1 aliphatic heterocycles. The molecule has 0 unspecified atom stereocenters. The Balaban J connectivity index is 1.95. The van der Waals surface area contributed by atoms with E-state index in [0.717, 1.165) is 12.8 Å². The van der Waals surface area contributed by atoms with Crippen LogP contribution in [0.3, 0.4) is 0 Å². The number of aromatic amines is 1. The van der Waals surface area contributed by atoms with E-state index < -0.39 is 0 Å².